The first-order chi connectivity index (χ1) is 16.6. The van der Waals surface area contributed by atoms with Gasteiger partial charge >= 0.3 is 12.1 Å². The fraction of sp³-hybridized carbons (Fsp3) is 0.609. The van der Waals surface area contributed by atoms with E-state index in [4.69, 9.17) is 14.6 Å². The van der Waals surface area contributed by atoms with E-state index in [-0.39, 0.29) is 11.3 Å². The number of thiophene rings is 1. The first kappa shape index (κ1) is 25.6. The number of aromatic amines is 1. The fourth-order valence-electron chi connectivity index (χ4n) is 5.08. The van der Waals surface area contributed by atoms with Crippen molar-refractivity contribution >= 4 is 23.2 Å². The van der Waals surface area contributed by atoms with Gasteiger partial charge in [0.05, 0.1) is 18.9 Å². The SMILES string of the molecule is Cc1ccc(CN2CCC3(COCc4c(C(=O)NC5CCCC5)n[nH]c43)C2)s1.O=C(O)C(F)(F)F. The second-order valence-electron chi connectivity index (χ2n) is 9.43. The predicted octanol–water partition coefficient (Wildman–Crippen LogP) is 3.76. The molecule has 2 aromatic rings. The van der Waals surface area contributed by atoms with Gasteiger partial charge < -0.3 is 15.2 Å². The highest BCUT2D eigenvalue weighted by Crippen LogP contribution is 2.40. The number of alkyl halides is 3. The maximum Gasteiger partial charge on any atom is 0.490 e. The number of H-pyrrole nitrogens is 1. The second kappa shape index (κ2) is 10.3. The van der Waals surface area contributed by atoms with Gasteiger partial charge in [-0.05, 0) is 44.9 Å². The summed E-state index contributed by atoms with van der Waals surface area (Å²) in [6.07, 6.45) is 0.521. The van der Waals surface area contributed by atoms with Crippen molar-refractivity contribution < 1.29 is 32.6 Å². The van der Waals surface area contributed by atoms with Crippen molar-refractivity contribution in [1.82, 2.24) is 20.4 Å². The van der Waals surface area contributed by atoms with Crippen molar-refractivity contribution in [2.24, 2.45) is 0 Å². The molecule has 4 heterocycles. The van der Waals surface area contributed by atoms with Crippen LogP contribution in [0.1, 0.15) is 63.6 Å². The average molecular weight is 515 g/mol. The maximum absolute atomic E-state index is 12.8. The number of nitrogens with one attached hydrogen (secondary N) is 2. The zero-order valence-corrected chi connectivity index (χ0v) is 20.2. The number of carbonyl (C=O) groups is 2. The van der Waals surface area contributed by atoms with Gasteiger partial charge in [0, 0.05) is 39.9 Å². The Bertz CT molecular complexity index is 1060. The minimum atomic E-state index is -5.08. The number of carbonyl (C=O) groups excluding carboxylic acids is 1. The van der Waals surface area contributed by atoms with Gasteiger partial charge in [-0.15, -0.1) is 11.3 Å². The Morgan fingerprint density at radius 1 is 1.34 bits per heavy atom. The van der Waals surface area contributed by atoms with Crippen molar-refractivity contribution in [2.75, 3.05) is 19.7 Å². The van der Waals surface area contributed by atoms with Gasteiger partial charge in [-0.25, -0.2) is 4.79 Å². The highest BCUT2D eigenvalue weighted by Gasteiger charge is 2.46. The molecule has 3 N–H and O–H groups in total. The van der Waals surface area contributed by atoms with Crippen molar-refractivity contribution in [1.29, 1.82) is 0 Å². The van der Waals surface area contributed by atoms with Crippen molar-refractivity contribution in [3.8, 4) is 0 Å². The molecular weight excluding hydrogens is 485 g/mol. The predicted molar refractivity (Wildman–Crippen MR) is 122 cm³/mol. The summed E-state index contributed by atoms with van der Waals surface area (Å²) in [5.74, 6) is -2.80. The molecule has 1 unspecified atom stereocenters. The lowest BCUT2D eigenvalue weighted by Crippen LogP contribution is -2.40. The quantitative estimate of drug-likeness (QED) is 0.574. The summed E-state index contributed by atoms with van der Waals surface area (Å²) in [6, 6.07) is 4.72. The number of aryl methyl sites for hydroxylation is 1. The topological polar surface area (TPSA) is 108 Å². The van der Waals surface area contributed by atoms with E-state index in [0.717, 1.165) is 50.2 Å². The Morgan fingerprint density at radius 2 is 2.06 bits per heavy atom. The fourth-order valence-corrected chi connectivity index (χ4v) is 6.02. The Balaban J connectivity index is 0.000000364. The van der Waals surface area contributed by atoms with E-state index in [2.05, 4.69) is 39.5 Å². The number of fused-ring (bicyclic) bond motifs is 2. The lowest BCUT2D eigenvalue weighted by molar-refractivity contribution is -0.192. The van der Waals surface area contributed by atoms with E-state index in [0.29, 0.717) is 24.9 Å². The number of hydrogen-bond donors (Lipinski definition) is 3. The van der Waals surface area contributed by atoms with E-state index in [9.17, 15) is 18.0 Å². The molecule has 8 nitrogen and oxygen atoms in total. The van der Waals surface area contributed by atoms with E-state index < -0.39 is 12.1 Å². The monoisotopic (exact) mass is 514 g/mol. The largest absolute Gasteiger partial charge is 0.490 e. The molecule has 12 heteroatoms. The third-order valence-electron chi connectivity index (χ3n) is 6.78. The molecule has 1 amide bonds. The van der Waals surface area contributed by atoms with Crippen molar-refractivity contribution in [2.45, 2.75) is 69.8 Å². The normalized spacial score (nSPS) is 22.6. The molecule has 1 saturated heterocycles. The first-order valence-electron chi connectivity index (χ1n) is 11.6. The molecule has 0 aromatic carbocycles. The Hall–Kier alpha value is -2.44. The third-order valence-corrected chi connectivity index (χ3v) is 7.76. The molecule has 2 aromatic heterocycles. The Kier molecular flexibility index (Phi) is 7.53. The molecule has 5 rings (SSSR count). The van der Waals surface area contributed by atoms with Gasteiger partial charge in [0.2, 0.25) is 0 Å². The summed E-state index contributed by atoms with van der Waals surface area (Å²) in [5, 5.41) is 18.0. The van der Waals surface area contributed by atoms with E-state index in [1.54, 1.807) is 0 Å². The number of nitrogens with zero attached hydrogens (tertiary/aromatic N) is 2. The van der Waals surface area contributed by atoms with Crippen LogP contribution in [0.2, 0.25) is 0 Å². The summed E-state index contributed by atoms with van der Waals surface area (Å²) in [5.41, 5.74) is 2.56. The molecule has 1 spiro atoms. The number of hydrogen-bond acceptors (Lipinski definition) is 6. The van der Waals surface area contributed by atoms with Crippen LogP contribution < -0.4 is 5.32 Å². The third kappa shape index (κ3) is 5.87. The number of rotatable bonds is 4. The summed E-state index contributed by atoms with van der Waals surface area (Å²) < 4.78 is 37.7. The molecular formula is C23H29F3N4O4S. The average Bonchev–Trinajstić information content (AvgIpc) is 3.57. The van der Waals surface area contributed by atoms with Crippen LogP contribution in [0.4, 0.5) is 13.2 Å². The number of ether oxygens (including phenoxy) is 1. The van der Waals surface area contributed by atoms with E-state index in [1.165, 1.54) is 22.6 Å². The van der Waals surface area contributed by atoms with Gasteiger partial charge in [0.15, 0.2) is 5.69 Å². The number of aliphatic carboxylic acids is 1. The number of aromatic nitrogens is 2. The molecule has 1 aliphatic carbocycles. The number of carboxylic acids is 1. The molecule has 1 atom stereocenters. The van der Waals surface area contributed by atoms with Gasteiger partial charge in [-0.2, -0.15) is 18.3 Å². The summed E-state index contributed by atoms with van der Waals surface area (Å²) in [7, 11) is 0. The molecule has 2 fully saturated rings. The minimum absolute atomic E-state index is 0.0473. The zero-order chi connectivity index (χ0) is 25.2. The first-order valence-corrected chi connectivity index (χ1v) is 12.4. The van der Waals surface area contributed by atoms with E-state index >= 15 is 0 Å². The summed E-state index contributed by atoms with van der Waals surface area (Å²) in [6.45, 7) is 6.31. The van der Waals surface area contributed by atoms with E-state index in [1.807, 2.05) is 11.3 Å². The molecule has 2 aliphatic heterocycles. The molecule has 1 saturated carbocycles. The van der Waals surface area contributed by atoms with Crippen molar-refractivity contribution in [3.63, 3.8) is 0 Å². The molecule has 3 aliphatic rings. The van der Waals surface area contributed by atoms with Crippen LogP contribution in [0.5, 0.6) is 0 Å². The Morgan fingerprint density at radius 3 is 2.69 bits per heavy atom. The number of halogens is 3. The van der Waals surface area contributed by atoms with Crippen LogP contribution in [-0.4, -0.2) is 64.0 Å². The molecule has 192 valence electrons. The molecule has 0 radical (unpaired) electrons. The maximum atomic E-state index is 12.8. The van der Waals surface area contributed by atoms with Gasteiger partial charge in [-0.3, -0.25) is 14.8 Å². The van der Waals surface area contributed by atoms with Crippen LogP contribution >= 0.6 is 11.3 Å². The number of carboxylic acid groups (broad SMARTS) is 1. The summed E-state index contributed by atoms with van der Waals surface area (Å²) >= 11 is 1.87. The lowest BCUT2D eigenvalue weighted by Gasteiger charge is -2.33. The van der Waals surface area contributed by atoms with Gasteiger partial charge in [0.1, 0.15) is 0 Å². The van der Waals surface area contributed by atoms with Crippen LogP contribution in [-0.2, 0) is 28.1 Å². The number of likely N-dealkylation sites (tertiary alicyclic amines) is 1. The molecule has 0 bridgehead atoms. The van der Waals surface area contributed by atoms with Gasteiger partial charge in [0.25, 0.3) is 5.91 Å². The smallest absolute Gasteiger partial charge is 0.475 e. The molecule has 35 heavy (non-hydrogen) atoms. The summed E-state index contributed by atoms with van der Waals surface area (Å²) in [4.78, 5) is 27.0. The zero-order valence-electron chi connectivity index (χ0n) is 19.4. The second-order valence-corrected chi connectivity index (χ2v) is 10.8. The highest BCUT2D eigenvalue weighted by atomic mass is 32.1. The van der Waals surface area contributed by atoms with Crippen LogP contribution in [0.15, 0.2) is 12.1 Å². The van der Waals surface area contributed by atoms with Gasteiger partial charge in [-0.1, -0.05) is 12.8 Å². The Labute approximate surface area is 204 Å². The number of amides is 1. The highest BCUT2D eigenvalue weighted by molar-refractivity contribution is 7.11. The van der Waals surface area contributed by atoms with Crippen molar-refractivity contribution in [3.05, 3.63) is 38.8 Å². The van der Waals surface area contributed by atoms with Crippen LogP contribution in [0.3, 0.4) is 0 Å². The lowest BCUT2D eigenvalue weighted by atomic mass is 9.80. The van der Waals surface area contributed by atoms with Crippen LogP contribution in [0, 0.1) is 6.92 Å². The standard InChI is InChI=1S/C21H28N4O2S.C2HF3O2/c1-14-6-7-16(28-14)10-25-9-8-21(12-25)13-27-11-17-18(23-24-19(17)21)20(26)22-15-4-2-3-5-15;3-2(4,5)1(6)7/h6-7,15H,2-5,8-13H2,1H3,(H,22,26)(H,23,24);(H,6,7). The minimum Gasteiger partial charge on any atom is -0.475 e. The van der Waals surface area contributed by atoms with Crippen LogP contribution in [0.25, 0.3) is 0 Å².